The number of carbonyl (C=O) groups excluding carboxylic acids is 1. The molecular weight excluding hydrogens is 336 g/mol. The molecule has 1 fully saturated rings. The van der Waals surface area contributed by atoms with Gasteiger partial charge in [-0.2, -0.15) is 0 Å². The number of hydrogen-bond donors (Lipinski definition) is 2. The normalized spacial score (nSPS) is 18.4. The molecule has 0 bridgehead atoms. The number of nitrogens with one attached hydrogen (secondary N) is 1. The highest BCUT2D eigenvalue weighted by Crippen LogP contribution is 2.17. The van der Waals surface area contributed by atoms with E-state index in [1.54, 1.807) is 42.4 Å². The number of aliphatic hydroxyl groups is 1. The molecule has 0 radical (unpaired) electrons. The SMILES string of the molecule is Cn1ccnc(NCC2CN(C(=O)[C@@H](O)c3ccccc3)CCO2)c1=O. The summed E-state index contributed by atoms with van der Waals surface area (Å²) in [5.74, 6) is -0.107. The average molecular weight is 358 g/mol. The van der Waals surface area contributed by atoms with Gasteiger partial charge < -0.3 is 24.6 Å². The van der Waals surface area contributed by atoms with Gasteiger partial charge in [0.05, 0.1) is 12.7 Å². The van der Waals surface area contributed by atoms with Crippen molar-refractivity contribution in [3.8, 4) is 0 Å². The Bertz CT molecular complexity index is 808. The molecule has 0 saturated carbocycles. The molecule has 3 rings (SSSR count). The molecule has 0 spiro atoms. The molecule has 1 aromatic carbocycles. The number of benzene rings is 1. The van der Waals surface area contributed by atoms with Crippen molar-refractivity contribution in [2.45, 2.75) is 12.2 Å². The molecule has 0 aliphatic carbocycles. The van der Waals surface area contributed by atoms with Crippen LogP contribution in [0.4, 0.5) is 5.82 Å². The maximum Gasteiger partial charge on any atom is 0.293 e. The number of aliphatic hydroxyl groups excluding tert-OH is 1. The number of rotatable bonds is 5. The summed E-state index contributed by atoms with van der Waals surface area (Å²) in [6, 6.07) is 8.84. The summed E-state index contributed by atoms with van der Waals surface area (Å²) in [5, 5.41) is 13.3. The molecule has 8 nitrogen and oxygen atoms in total. The highest BCUT2D eigenvalue weighted by Gasteiger charge is 2.29. The van der Waals surface area contributed by atoms with E-state index in [4.69, 9.17) is 4.74 Å². The van der Waals surface area contributed by atoms with Gasteiger partial charge in [-0.25, -0.2) is 4.98 Å². The molecule has 1 amide bonds. The van der Waals surface area contributed by atoms with Gasteiger partial charge in [0.2, 0.25) is 0 Å². The molecule has 2 atom stereocenters. The minimum atomic E-state index is -1.19. The van der Waals surface area contributed by atoms with Crippen molar-refractivity contribution in [2.24, 2.45) is 7.05 Å². The van der Waals surface area contributed by atoms with Crippen LogP contribution in [0, 0.1) is 0 Å². The van der Waals surface area contributed by atoms with E-state index in [0.29, 0.717) is 31.8 Å². The summed E-state index contributed by atoms with van der Waals surface area (Å²) in [6.45, 7) is 1.48. The maximum atomic E-state index is 12.6. The predicted molar refractivity (Wildman–Crippen MR) is 95.7 cm³/mol. The van der Waals surface area contributed by atoms with E-state index in [0.717, 1.165) is 0 Å². The van der Waals surface area contributed by atoms with Crippen molar-refractivity contribution in [1.82, 2.24) is 14.5 Å². The van der Waals surface area contributed by atoms with Gasteiger partial charge in [-0.3, -0.25) is 9.59 Å². The second-order valence-corrected chi connectivity index (χ2v) is 6.16. The molecule has 1 aliphatic heterocycles. The topological polar surface area (TPSA) is 96.7 Å². The minimum absolute atomic E-state index is 0.226. The Labute approximate surface area is 151 Å². The van der Waals surface area contributed by atoms with Crippen molar-refractivity contribution in [3.63, 3.8) is 0 Å². The van der Waals surface area contributed by atoms with Crippen LogP contribution >= 0.6 is 0 Å². The van der Waals surface area contributed by atoms with Gasteiger partial charge in [0.15, 0.2) is 11.9 Å². The monoisotopic (exact) mass is 358 g/mol. The molecule has 1 aromatic heterocycles. The summed E-state index contributed by atoms with van der Waals surface area (Å²) >= 11 is 0. The summed E-state index contributed by atoms with van der Waals surface area (Å²) in [5.41, 5.74) is 0.339. The second kappa shape index (κ2) is 8.11. The largest absolute Gasteiger partial charge is 0.378 e. The number of hydrogen-bond acceptors (Lipinski definition) is 6. The first-order valence-corrected chi connectivity index (χ1v) is 8.45. The Morgan fingerprint density at radius 2 is 2.19 bits per heavy atom. The van der Waals surface area contributed by atoms with Crippen LogP contribution in [-0.4, -0.2) is 57.8 Å². The first-order chi connectivity index (χ1) is 12.6. The molecule has 138 valence electrons. The third kappa shape index (κ3) is 4.09. The first-order valence-electron chi connectivity index (χ1n) is 8.45. The standard InChI is InChI=1S/C18H22N4O4/c1-21-8-7-19-16(18(21)25)20-11-14-12-22(9-10-26-14)17(24)15(23)13-5-3-2-4-6-13/h2-8,14-15,23H,9-12H2,1H3,(H,19,20)/t14?,15-/m0/s1. The van der Waals surface area contributed by atoms with E-state index in [-0.39, 0.29) is 23.4 Å². The van der Waals surface area contributed by atoms with E-state index in [1.165, 1.54) is 10.8 Å². The van der Waals surface area contributed by atoms with Crippen molar-refractivity contribution in [1.29, 1.82) is 0 Å². The number of anilines is 1. The number of ether oxygens (including phenoxy) is 1. The molecule has 2 aromatic rings. The van der Waals surface area contributed by atoms with Crippen LogP contribution in [0.5, 0.6) is 0 Å². The van der Waals surface area contributed by atoms with Gasteiger partial charge in [0, 0.05) is 39.1 Å². The van der Waals surface area contributed by atoms with Crippen molar-refractivity contribution in [2.75, 3.05) is 31.6 Å². The van der Waals surface area contributed by atoms with Crippen LogP contribution in [0.1, 0.15) is 11.7 Å². The Kier molecular flexibility index (Phi) is 5.65. The van der Waals surface area contributed by atoms with Crippen LogP contribution in [-0.2, 0) is 16.6 Å². The number of morpholine rings is 1. The Hall–Kier alpha value is -2.71. The highest BCUT2D eigenvalue weighted by molar-refractivity contribution is 5.82. The lowest BCUT2D eigenvalue weighted by Crippen LogP contribution is -2.49. The van der Waals surface area contributed by atoms with E-state index < -0.39 is 6.10 Å². The zero-order valence-corrected chi connectivity index (χ0v) is 14.5. The van der Waals surface area contributed by atoms with Gasteiger partial charge in [-0.15, -0.1) is 0 Å². The lowest BCUT2D eigenvalue weighted by Gasteiger charge is -2.34. The molecule has 2 N–H and O–H groups in total. The zero-order valence-electron chi connectivity index (χ0n) is 14.5. The van der Waals surface area contributed by atoms with E-state index in [9.17, 15) is 14.7 Å². The van der Waals surface area contributed by atoms with E-state index >= 15 is 0 Å². The fourth-order valence-electron chi connectivity index (χ4n) is 2.82. The molecule has 1 saturated heterocycles. The predicted octanol–water partition coefficient (Wildman–Crippen LogP) is 0.153. The van der Waals surface area contributed by atoms with Crippen molar-refractivity contribution in [3.05, 3.63) is 58.6 Å². The highest BCUT2D eigenvalue weighted by atomic mass is 16.5. The third-order valence-corrected chi connectivity index (χ3v) is 4.31. The maximum absolute atomic E-state index is 12.6. The first kappa shape index (κ1) is 18.1. The fraction of sp³-hybridized carbons (Fsp3) is 0.389. The minimum Gasteiger partial charge on any atom is -0.378 e. The lowest BCUT2D eigenvalue weighted by molar-refractivity contribution is -0.147. The third-order valence-electron chi connectivity index (χ3n) is 4.31. The summed E-state index contributed by atoms with van der Waals surface area (Å²) < 4.78 is 7.09. The molecule has 26 heavy (non-hydrogen) atoms. The number of amides is 1. The smallest absolute Gasteiger partial charge is 0.293 e. The summed E-state index contributed by atoms with van der Waals surface area (Å²) in [6.07, 6.45) is 1.64. The zero-order chi connectivity index (χ0) is 18.5. The molecule has 2 heterocycles. The number of aryl methyl sites for hydroxylation is 1. The summed E-state index contributed by atoms with van der Waals surface area (Å²) in [7, 11) is 1.65. The van der Waals surface area contributed by atoms with Gasteiger partial charge in [-0.05, 0) is 5.56 Å². The summed E-state index contributed by atoms with van der Waals surface area (Å²) in [4.78, 5) is 30.1. The van der Waals surface area contributed by atoms with Gasteiger partial charge in [0.1, 0.15) is 0 Å². The lowest BCUT2D eigenvalue weighted by atomic mass is 10.1. The van der Waals surface area contributed by atoms with Crippen molar-refractivity contribution >= 4 is 11.7 Å². The Morgan fingerprint density at radius 1 is 1.42 bits per heavy atom. The Balaban J connectivity index is 1.59. The second-order valence-electron chi connectivity index (χ2n) is 6.16. The van der Waals surface area contributed by atoms with Gasteiger partial charge in [0.25, 0.3) is 11.5 Å². The number of aromatic nitrogens is 2. The van der Waals surface area contributed by atoms with Crippen LogP contribution in [0.2, 0.25) is 0 Å². The van der Waals surface area contributed by atoms with E-state index in [1.807, 2.05) is 6.07 Å². The van der Waals surface area contributed by atoms with E-state index in [2.05, 4.69) is 10.3 Å². The molecular formula is C18H22N4O4. The Morgan fingerprint density at radius 3 is 2.96 bits per heavy atom. The van der Waals surface area contributed by atoms with Gasteiger partial charge in [-0.1, -0.05) is 30.3 Å². The number of nitrogens with zero attached hydrogens (tertiary/aromatic N) is 3. The van der Waals surface area contributed by atoms with Crippen LogP contribution in [0.3, 0.4) is 0 Å². The number of carbonyl (C=O) groups is 1. The molecule has 1 unspecified atom stereocenters. The van der Waals surface area contributed by atoms with Crippen LogP contribution in [0.15, 0.2) is 47.5 Å². The van der Waals surface area contributed by atoms with Crippen LogP contribution in [0.25, 0.3) is 0 Å². The quantitative estimate of drug-likeness (QED) is 0.790. The van der Waals surface area contributed by atoms with Crippen LogP contribution < -0.4 is 10.9 Å². The molecule has 1 aliphatic rings. The molecule has 8 heteroatoms. The van der Waals surface area contributed by atoms with Gasteiger partial charge >= 0.3 is 0 Å². The average Bonchev–Trinajstić information content (AvgIpc) is 2.69. The fourth-order valence-corrected chi connectivity index (χ4v) is 2.82. The van der Waals surface area contributed by atoms with Crippen molar-refractivity contribution < 1.29 is 14.6 Å².